The van der Waals surface area contributed by atoms with E-state index in [0.29, 0.717) is 22.7 Å². The molecule has 0 aliphatic carbocycles. The number of esters is 1. The van der Waals surface area contributed by atoms with Crippen LogP contribution < -0.4 is 19.9 Å². The summed E-state index contributed by atoms with van der Waals surface area (Å²) in [7, 11) is 1.33. The largest absolute Gasteiger partial charge is 0.482 e. The molecule has 0 saturated carbocycles. The summed E-state index contributed by atoms with van der Waals surface area (Å²) in [6.07, 6.45) is 2.29. The van der Waals surface area contributed by atoms with E-state index in [4.69, 9.17) is 9.47 Å². The molecule has 2 amide bonds. The van der Waals surface area contributed by atoms with Crippen molar-refractivity contribution >= 4 is 34.8 Å². The number of para-hydroxylation sites is 2. The Bertz CT molecular complexity index is 1000. The molecule has 1 N–H and O–H groups in total. The smallest absolute Gasteiger partial charge is 0.337 e. The van der Waals surface area contributed by atoms with Crippen molar-refractivity contribution < 1.29 is 23.9 Å². The van der Waals surface area contributed by atoms with Crippen molar-refractivity contribution in [3.05, 3.63) is 48.0 Å². The molecule has 4 rings (SSSR count). The molecule has 0 radical (unpaired) electrons. The Morgan fingerprint density at radius 1 is 1.10 bits per heavy atom. The van der Waals surface area contributed by atoms with E-state index in [0.717, 1.165) is 31.6 Å². The van der Waals surface area contributed by atoms with Gasteiger partial charge in [-0.1, -0.05) is 12.1 Å². The van der Waals surface area contributed by atoms with E-state index in [2.05, 4.69) is 10.2 Å². The lowest BCUT2D eigenvalue weighted by atomic mass is 10.1. The summed E-state index contributed by atoms with van der Waals surface area (Å²) in [5, 5.41) is 2.93. The van der Waals surface area contributed by atoms with Crippen LogP contribution in [-0.2, 0) is 14.3 Å². The number of ether oxygens (including phenoxy) is 2. The molecule has 8 nitrogen and oxygen atoms in total. The van der Waals surface area contributed by atoms with Crippen LogP contribution in [0.3, 0.4) is 0 Å². The van der Waals surface area contributed by atoms with Crippen LogP contribution in [0, 0.1) is 0 Å². The van der Waals surface area contributed by atoms with E-state index in [1.807, 2.05) is 18.2 Å². The summed E-state index contributed by atoms with van der Waals surface area (Å²) < 4.78 is 10.3. The van der Waals surface area contributed by atoms with Gasteiger partial charge in [-0.05, 0) is 43.2 Å². The van der Waals surface area contributed by atoms with Crippen LogP contribution in [0.1, 0.15) is 29.6 Å². The van der Waals surface area contributed by atoms with Gasteiger partial charge in [-0.3, -0.25) is 9.59 Å². The normalized spacial score (nSPS) is 15.3. The maximum atomic E-state index is 12.8. The molecule has 2 aliphatic rings. The van der Waals surface area contributed by atoms with Crippen molar-refractivity contribution in [2.75, 3.05) is 48.5 Å². The second-order valence-electron chi connectivity index (χ2n) is 7.52. The molecule has 1 saturated heterocycles. The number of anilines is 3. The van der Waals surface area contributed by atoms with Crippen LogP contribution in [0.2, 0.25) is 0 Å². The molecule has 2 aromatic carbocycles. The number of carbonyl (C=O) groups excluding carboxylic acids is 3. The fourth-order valence-electron chi connectivity index (χ4n) is 3.94. The van der Waals surface area contributed by atoms with Gasteiger partial charge in [0.25, 0.3) is 5.91 Å². The van der Waals surface area contributed by atoms with Gasteiger partial charge in [0.2, 0.25) is 5.91 Å². The lowest BCUT2D eigenvalue weighted by Gasteiger charge is -2.29. The van der Waals surface area contributed by atoms with Crippen LogP contribution in [0.25, 0.3) is 0 Å². The zero-order valence-electron chi connectivity index (χ0n) is 17.4. The topological polar surface area (TPSA) is 88.2 Å². The van der Waals surface area contributed by atoms with Gasteiger partial charge in [-0.2, -0.15) is 0 Å². The van der Waals surface area contributed by atoms with Gasteiger partial charge in [0.15, 0.2) is 6.61 Å². The number of hydrogen-bond donors (Lipinski definition) is 1. The number of rotatable bonds is 6. The molecule has 162 valence electrons. The molecule has 0 spiro atoms. The van der Waals surface area contributed by atoms with Crippen molar-refractivity contribution in [3.63, 3.8) is 0 Å². The first-order valence-corrected chi connectivity index (χ1v) is 10.4. The van der Waals surface area contributed by atoms with Crippen LogP contribution in [0.4, 0.5) is 17.1 Å². The highest BCUT2D eigenvalue weighted by Gasteiger charge is 2.26. The number of hydrogen-bond acceptors (Lipinski definition) is 6. The van der Waals surface area contributed by atoms with Gasteiger partial charge >= 0.3 is 5.97 Å². The van der Waals surface area contributed by atoms with Crippen LogP contribution in [0.5, 0.6) is 5.75 Å². The predicted octanol–water partition coefficient (Wildman–Crippen LogP) is 2.83. The van der Waals surface area contributed by atoms with E-state index in [1.165, 1.54) is 7.11 Å². The summed E-state index contributed by atoms with van der Waals surface area (Å²) in [5.74, 6) is -0.250. The Labute approximate surface area is 180 Å². The SMILES string of the molecule is COC(=O)c1ccc(N2CCCC2)c(NC(=O)CCN2C(=O)COc3ccccc32)c1. The zero-order valence-corrected chi connectivity index (χ0v) is 17.4. The van der Waals surface area contributed by atoms with Crippen LogP contribution in [-0.4, -0.2) is 51.1 Å². The molecule has 8 heteroatoms. The lowest BCUT2D eigenvalue weighted by Crippen LogP contribution is -2.40. The van der Waals surface area contributed by atoms with E-state index < -0.39 is 5.97 Å². The number of fused-ring (bicyclic) bond motifs is 1. The Hall–Kier alpha value is -3.55. The monoisotopic (exact) mass is 423 g/mol. The number of methoxy groups -OCH3 is 1. The molecule has 31 heavy (non-hydrogen) atoms. The van der Waals surface area contributed by atoms with Crippen molar-refractivity contribution in [1.29, 1.82) is 0 Å². The second-order valence-corrected chi connectivity index (χ2v) is 7.52. The third-order valence-corrected chi connectivity index (χ3v) is 5.51. The number of benzene rings is 2. The number of nitrogens with zero attached hydrogens (tertiary/aromatic N) is 2. The molecule has 1 fully saturated rings. The zero-order chi connectivity index (χ0) is 21.8. The first kappa shape index (κ1) is 20.7. The maximum Gasteiger partial charge on any atom is 0.337 e. The summed E-state index contributed by atoms with van der Waals surface area (Å²) >= 11 is 0. The molecule has 2 heterocycles. The standard InChI is InChI=1S/C23H25N3O5/c1-30-23(29)16-8-9-18(25-11-4-5-12-25)17(14-16)24-21(27)10-13-26-19-6-2-3-7-20(19)31-15-22(26)28/h2-3,6-9,14H,4-5,10-13,15H2,1H3,(H,24,27). The second kappa shape index (κ2) is 9.07. The van der Waals surface area contributed by atoms with E-state index >= 15 is 0 Å². The fraction of sp³-hybridized carbons (Fsp3) is 0.348. The quantitative estimate of drug-likeness (QED) is 0.719. The fourth-order valence-corrected chi connectivity index (χ4v) is 3.94. The Kier molecular flexibility index (Phi) is 6.06. The number of amides is 2. The highest BCUT2D eigenvalue weighted by molar-refractivity contribution is 6.00. The summed E-state index contributed by atoms with van der Waals surface area (Å²) in [4.78, 5) is 40.8. The van der Waals surface area contributed by atoms with Crippen molar-refractivity contribution in [2.45, 2.75) is 19.3 Å². The van der Waals surface area contributed by atoms with Gasteiger partial charge in [0, 0.05) is 26.1 Å². The van der Waals surface area contributed by atoms with Crippen LogP contribution >= 0.6 is 0 Å². The third kappa shape index (κ3) is 4.47. The molecule has 2 aliphatic heterocycles. The minimum absolute atomic E-state index is 0.0427. The molecule has 0 atom stereocenters. The Morgan fingerprint density at radius 3 is 2.65 bits per heavy atom. The highest BCUT2D eigenvalue weighted by Crippen LogP contribution is 2.32. The van der Waals surface area contributed by atoms with Crippen molar-refractivity contribution in [2.24, 2.45) is 0 Å². The summed E-state index contributed by atoms with van der Waals surface area (Å²) in [6, 6.07) is 12.5. The maximum absolute atomic E-state index is 12.8. The van der Waals surface area contributed by atoms with Crippen LogP contribution in [0.15, 0.2) is 42.5 Å². The molecule has 0 aromatic heterocycles. The van der Waals surface area contributed by atoms with Gasteiger partial charge in [-0.15, -0.1) is 0 Å². The average molecular weight is 423 g/mol. The van der Waals surface area contributed by atoms with Gasteiger partial charge in [-0.25, -0.2) is 4.79 Å². The molecule has 0 bridgehead atoms. The molecule has 0 unspecified atom stereocenters. The minimum atomic E-state index is -0.459. The van der Waals surface area contributed by atoms with Gasteiger partial charge in [0.1, 0.15) is 5.75 Å². The predicted molar refractivity (Wildman–Crippen MR) is 117 cm³/mol. The third-order valence-electron chi connectivity index (χ3n) is 5.51. The van der Waals surface area contributed by atoms with Crippen molar-refractivity contribution in [1.82, 2.24) is 0 Å². The Balaban J connectivity index is 1.49. The van der Waals surface area contributed by atoms with Gasteiger partial charge < -0.3 is 24.6 Å². The molecule has 2 aromatic rings. The minimum Gasteiger partial charge on any atom is -0.482 e. The number of nitrogens with one attached hydrogen (secondary N) is 1. The molecular formula is C23H25N3O5. The first-order valence-electron chi connectivity index (χ1n) is 10.4. The highest BCUT2D eigenvalue weighted by atomic mass is 16.5. The first-order chi connectivity index (χ1) is 15.1. The summed E-state index contributed by atoms with van der Waals surface area (Å²) in [5.41, 5.74) is 2.49. The van der Waals surface area contributed by atoms with Gasteiger partial charge in [0.05, 0.1) is 29.7 Å². The number of carbonyl (C=O) groups is 3. The van der Waals surface area contributed by atoms with E-state index in [9.17, 15) is 14.4 Å². The average Bonchev–Trinajstić information content (AvgIpc) is 3.32. The lowest BCUT2D eigenvalue weighted by molar-refractivity contribution is -0.121. The Morgan fingerprint density at radius 2 is 1.87 bits per heavy atom. The van der Waals surface area contributed by atoms with E-state index in [1.54, 1.807) is 29.2 Å². The van der Waals surface area contributed by atoms with Crippen molar-refractivity contribution in [3.8, 4) is 5.75 Å². The molecular weight excluding hydrogens is 398 g/mol. The summed E-state index contributed by atoms with van der Waals surface area (Å²) in [6.45, 7) is 2.00. The van der Waals surface area contributed by atoms with E-state index in [-0.39, 0.29) is 31.4 Å².